The van der Waals surface area contributed by atoms with Crippen molar-refractivity contribution < 1.29 is 13.9 Å². The molecule has 1 aliphatic rings. The first-order valence-electron chi connectivity index (χ1n) is 9.36. The molecule has 0 bridgehead atoms. The summed E-state index contributed by atoms with van der Waals surface area (Å²) in [6, 6.07) is 5.80. The van der Waals surface area contributed by atoms with Crippen molar-refractivity contribution in [3.8, 4) is 5.75 Å². The fraction of sp³-hybridized carbons (Fsp3) is 0.450. The molecule has 4 rings (SSSR count). The van der Waals surface area contributed by atoms with Gasteiger partial charge in [-0.25, -0.2) is 9.97 Å². The van der Waals surface area contributed by atoms with Gasteiger partial charge in [0.1, 0.15) is 12.0 Å². The average molecular weight is 401 g/mol. The summed E-state index contributed by atoms with van der Waals surface area (Å²) < 4.78 is 12.3. The minimum absolute atomic E-state index is 0.121. The lowest BCUT2D eigenvalue weighted by molar-refractivity contribution is 0.0768. The predicted molar refractivity (Wildman–Crippen MR) is 108 cm³/mol. The molecule has 0 radical (unpaired) electrons. The number of hydrogen-bond acceptors (Lipinski definition) is 7. The first kappa shape index (κ1) is 18.9. The zero-order valence-electron chi connectivity index (χ0n) is 16.3. The minimum atomic E-state index is -0.121. The molecule has 1 saturated heterocycles. The Kier molecular flexibility index (Phi) is 5.32. The second-order valence-corrected chi connectivity index (χ2v) is 8.61. The van der Waals surface area contributed by atoms with Crippen molar-refractivity contribution in [2.24, 2.45) is 5.92 Å². The number of oxazole rings is 1. The summed E-state index contributed by atoms with van der Waals surface area (Å²) in [6.07, 6.45) is 2.53. The maximum Gasteiger partial charge on any atom is 0.275 e. The Bertz CT molecular complexity index is 983. The van der Waals surface area contributed by atoms with Crippen LogP contribution < -0.4 is 4.74 Å². The number of aromatic nitrogens is 2. The lowest BCUT2D eigenvalue weighted by atomic mass is 10.1. The van der Waals surface area contributed by atoms with Gasteiger partial charge in [-0.2, -0.15) is 0 Å². The van der Waals surface area contributed by atoms with Gasteiger partial charge in [-0.1, -0.05) is 0 Å². The van der Waals surface area contributed by atoms with Gasteiger partial charge in [0.25, 0.3) is 5.91 Å². The minimum Gasteiger partial charge on any atom is -0.484 e. The number of thiazole rings is 1. The van der Waals surface area contributed by atoms with Crippen LogP contribution in [0.25, 0.3) is 10.2 Å². The number of carbonyl (C=O) groups excluding carboxylic acids is 1. The van der Waals surface area contributed by atoms with E-state index >= 15 is 0 Å². The second kappa shape index (κ2) is 7.89. The Balaban J connectivity index is 1.34. The Morgan fingerprint density at radius 2 is 2.29 bits per heavy atom. The van der Waals surface area contributed by atoms with Crippen LogP contribution in [0.1, 0.15) is 27.8 Å². The summed E-state index contributed by atoms with van der Waals surface area (Å²) in [5.41, 5.74) is 1.24. The summed E-state index contributed by atoms with van der Waals surface area (Å²) in [7, 11) is 3.93. The molecule has 8 heteroatoms. The molecule has 0 aliphatic carbocycles. The smallest absolute Gasteiger partial charge is 0.275 e. The SMILES string of the molecule is Cc1nc2cc(OCc3nc(C(=O)N(C)CC4CCN(C)C4)co3)ccc2s1. The number of amides is 1. The fourth-order valence-corrected chi connectivity index (χ4v) is 4.38. The highest BCUT2D eigenvalue weighted by atomic mass is 32.1. The summed E-state index contributed by atoms with van der Waals surface area (Å²) in [6.45, 7) is 5.00. The van der Waals surface area contributed by atoms with E-state index in [1.165, 1.54) is 6.26 Å². The highest BCUT2D eigenvalue weighted by Crippen LogP contribution is 2.26. The van der Waals surface area contributed by atoms with Crippen LogP contribution in [0.5, 0.6) is 5.75 Å². The van der Waals surface area contributed by atoms with Crippen LogP contribution in [0.4, 0.5) is 0 Å². The number of likely N-dealkylation sites (tertiary alicyclic amines) is 1. The maximum atomic E-state index is 12.6. The van der Waals surface area contributed by atoms with Crippen LogP contribution >= 0.6 is 11.3 Å². The molecule has 7 nitrogen and oxygen atoms in total. The third kappa shape index (κ3) is 4.18. The third-order valence-corrected chi connectivity index (χ3v) is 5.92. The third-order valence-electron chi connectivity index (χ3n) is 4.97. The van der Waals surface area contributed by atoms with Gasteiger partial charge >= 0.3 is 0 Å². The molecular weight excluding hydrogens is 376 g/mol. The van der Waals surface area contributed by atoms with Crippen molar-refractivity contribution in [2.45, 2.75) is 20.0 Å². The van der Waals surface area contributed by atoms with E-state index in [-0.39, 0.29) is 12.5 Å². The van der Waals surface area contributed by atoms with Gasteiger partial charge in [0, 0.05) is 26.2 Å². The normalized spacial score (nSPS) is 17.3. The average Bonchev–Trinajstić information content (AvgIpc) is 3.38. The van der Waals surface area contributed by atoms with Gasteiger partial charge < -0.3 is 19.0 Å². The molecule has 0 spiro atoms. The van der Waals surface area contributed by atoms with E-state index in [0.29, 0.717) is 23.3 Å². The van der Waals surface area contributed by atoms with E-state index in [4.69, 9.17) is 9.15 Å². The zero-order valence-corrected chi connectivity index (χ0v) is 17.2. The fourth-order valence-electron chi connectivity index (χ4n) is 3.57. The molecular formula is C20H24N4O3S. The first-order chi connectivity index (χ1) is 13.5. The number of ether oxygens (including phenoxy) is 1. The molecule has 3 aromatic rings. The van der Waals surface area contributed by atoms with Gasteiger partial charge in [0.2, 0.25) is 5.89 Å². The predicted octanol–water partition coefficient (Wildman–Crippen LogP) is 3.20. The standard InChI is InChI=1S/C20H24N4O3S/c1-13-21-16-8-15(4-5-18(16)28-13)26-12-19-22-17(11-27-19)20(25)24(3)10-14-6-7-23(2)9-14/h4-5,8,11,14H,6-7,9-10,12H2,1-3H3. The second-order valence-electron chi connectivity index (χ2n) is 7.38. The van der Waals surface area contributed by atoms with E-state index in [9.17, 15) is 4.79 Å². The van der Waals surface area contributed by atoms with Crippen LogP contribution in [0.2, 0.25) is 0 Å². The summed E-state index contributed by atoms with van der Waals surface area (Å²) in [5, 5.41) is 1.02. The molecule has 0 N–H and O–H groups in total. The van der Waals surface area contributed by atoms with Crippen LogP contribution in [-0.4, -0.2) is 59.4 Å². The van der Waals surface area contributed by atoms with Gasteiger partial charge in [-0.15, -0.1) is 11.3 Å². The molecule has 3 heterocycles. The van der Waals surface area contributed by atoms with Gasteiger partial charge in [-0.3, -0.25) is 4.79 Å². The summed E-state index contributed by atoms with van der Waals surface area (Å²) in [5.74, 6) is 1.47. The van der Waals surface area contributed by atoms with Crippen LogP contribution in [0.3, 0.4) is 0 Å². The molecule has 148 valence electrons. The molecule has 1 atom stereocenters. The number of aryl methyl sites for hydroxylation is 1. The molecule has 1 amide bonds. The molecule has 1 fully saturated rings. The van der Waals surface area contributed by atoms with Crippen molar-refractivity contribution >= 4 is 27.5 Å². The number of fused-ring (bicyclic) bond motifs is 1. The lowest BCUT2D eigenvalue weighted by Crippen LogP contribution is -2.33. The number of rotatable bonds is 6. The molecule has 1 aliphatic heterocycles. The van der Waals surface area contributed by atoms with Crippen molar-refractivity contribution in [1.82, 2.24) is 19.8 Å². The van der Waals surface area contributed by atoms with Crippen molar-refractivity contribution in [3.63, 3.8) is 0 Å². The number of nitrogens with zero attached hydrogens (tertiary/aromatic N) is 4. The maximum absolute atomic E-state index is 12.6. The highest BCUT2D eigenvalue weighted by Gasteiger charge is 2.24. The largest absolute Gasteiger partial charge is 0.484 e. The Labute approximate surface area is 167 Å². The van der Waals surface area contributed by atoms with Gasteiger partial charge in [-0.05, 0) is 45.0 Å². The molecule has 1 unspecified atom stereocenters. The van der Waals surface area contributed by atoms with E-state index in [1.807, 2.05) is 32.2 Å². The quantitative estimate of drug-likeness (QED) is 0.633. The number of hydrogen-bond donors (Lipinski definition) is 0. The van der Waals surface area contributed by atoms with Crippen LogP contribution in [-0.2, 0) is 6.61 Å². The lowest BCUT2D eigenvalue weighted by Gasteiger charge is -2.20. The van der Waals surface area contributed by atoms with Crippen LogP contribution in [0.15, 0.2) is 28.9 Å². The van der Waals surface area contributed by atoms with Crippen molar-refractivity contribution in [1.29, 1.82) is 0 Å². The van der Waals surface area contributed by atoms with Crippen molar-refractivity contribution in [2.75, 3.05) is 33.7 Å². The summed E-state index contributed by atoms with van der Waals surface area (Å²) >= 11 is 1.65. The highest BCUT2D eigenvalue weighted by molar-refractivity contribution is 7.18. The van der Waals surface area contributed by atoms with Gasteiger partial charge in [0.05, 0.1) is 15.2 Å². The molecule has 1 aromatic carbocycles. The van der Waals surface area contributed by atoms with Crippen LogP contribution in [0, 0.1) is 12.8 Å². The zero-order chi connectivity index (χ0) is 19.7. The molecule has 28 heavy (non-hydrogen) atoms. The van der Waals surface area contributed by atoms with E-state index in [0.717, 1.165) is 41.3 Å². The van der Waals surface area contributed by atoms with Crippen molar-refractivity contribution in [3.05, 3.63) is 41.1 Å². The number of benzene rings is 1. The molecule has 2 aromatic heterocycles. The Morgan fingerprint density at radius 3 is 3.07 bits per heavy atom. The summed E-state index contributed by atoms with van der Waals surface area (Å²) in [4.78, 5) is 25.4. The van der Waals surface area contributed by atoms with E-state index in [2.05, 4.69) is 21.9 Å². The first-order valence-corrected chi connectivity index (χ1v) is 10.2. The number of carbonyl (C=O) groups is 1. The monoisotopic (exact) mass is 400 g/mol. The van der Waals surface area contributed by atoms with E-state index in [1.54, 1.807) is 16.2 Å². The van der Waals surface area contributed by atoms with Gasteiger partial charge in [0.15, 0.2) is 12.3 Å². The van der Waals surface area contributed by atoms with E-state index < -0.39 is 0 Å². The Morgan fingerprint density at radius 1 is 1.43 bits per heavy atom. The molecule has 0 saturated carbocycles. The topological polar surface area (TPSA) is 71.7 Å². The Hall–Kier alpha value is -2.45.